The van der Waals surface area contributed by atoms with Crippen molar-refractivity contribution in [3.8, 4) is 6.07 Å². The average Bonchev–Trinajstić information content (AvgIpc) is 2.17. The van der Waals surface area contributed by atoms with Gasteiger partial charge < -0.3 is 10.5 Å². The highest BCUT2D eigenvalue weighted by Crippen LogP contribution is 2.11. The first-order valence-corrected chi connectivity index (χ1v) is 4.92. The van der Waals surface area contributed by atoms with Gasteiger partial charge in [0.1, 0.15) is 0 Å². The first-order chi connectivity index (χ1) is 6.18. The van der Waals surface area contributed by atoms with Crippen LogP contribution in [0.5, 0.6) is 0 Å². The van der Waals surface area contributed by atoms with Crippen LogP contribution in [0.4, 0.5) is 0 Å². The molecule has 0 radical (unpaired) electrons. The van der Waals surface area contributed by atoms with Crippen molar-refractivity contribution >= 4 is 0 Å². The number of nitrogens with two attached hydrogens (primary N) is 1. The van der Waals surface area contributed by atoms with E-state index in [0.717, 1.165) is 19.3 Å². The molecule has 0 unspecified atom stereocenters. The van der Waals surface area contributed by atoms with Gasteiger partial charge in [0.25, 0.3) is 0 Å². The van der Waals surface area contributed by atoms with Crippen molar-refractivity contribution in [3.63, 3.8) is 0 Å². The normalized spacial score (nSPS) is 11.2. The Hall–Kier alpha value is -0.590. The maximum Gasteiger partial charge on any atom is 0.0645 e. The van der Waals surface area contributed by atoms with Crippen LogP contribution < -0.4 is 5.73 Å². The van der Waals surface area contributed by atoms with E-state index < -0.39 is 0 Å². The molecule has 0 rings (SSSR count). The van der Waals surface area contributed by atoms with E-state index in [1.54, 1.807) is 0 Å². The Bertz CT molecular complexity index is 159. The van der Waals surface area contributed by atoms with E-state index in [4.69, 9.17) is 15.7 Å². The summed E-state index contributed by atoms with van der Waals surface area (Å²) in [6, 6.07) is 2.08. The zero-order valence-corrected chi connectivity index (χ0v) is 8.68. The molecule has 0 aliphatic heterocycles. The lowest BCUT2D eigenvalue weighted by Gasteiger charge is -2.26. The molecule has 0 aromatic rings. The predicted octanol–water partition coefficient (Wildman–Crippen LogP) is 1.82. The van der Waals surface area contributed by atoms with Crippen molar-refractivity contribution < 1.29 is 4.74 Å². The first-order valence-electron chi connectivity index (χ1n) is 4.92. The van der Waals surface area contributed by atoms with Gasteiger partial charge in [-0.25, -0.2) is 0 Å². The Morgan fingerprint density at radius 1 is 1.38 bits per heavy atom. The maximum atomic E-state index is 8.29. The lowest BCUT2D eigenvalue weighted by Crippen LogP contribution is -2.43. The highest BCUT2D eigenvalue weighted by molar-refractivity contribution is 4.80. The average molecular weight is 184 g/mol. The second-order valence-electron chi connectivity index (χ2n) is 3.38. The largest absolute Gasteiger partial charge is 0.380 e. The van der Waals surface area contributed by atoms with E-state index in [-0.39, 0.29) is 5.54 Å². The number of ether oxygens (including phenoxy) is 1. The quantitative estimate of drug-likeness (QED) is 0.614. The number of hydrogen-bond acceptors (Lipinski definition) is 3. The molecule has 0 bridgehead atoms. The van der Waals surface area contributed by atoms with Crippen molar-refractivity contribution in [1.29, 1.82) is 5.26 Å². The lowest BCUT2D eigenvalue weighted by atomic mass is 9.96. The van der Waals surface area contributed by atoms with E-state index in [1.165, 1.54) is 0 Å². The van der Waals surface area contributed by atoms with Crippen LogP contribution in [0, 0.1) is 11.3 Å². The third-order valence-corrected chi connectivity index (χ3v) is 2.38. The van der Waals surface area contributed by atoms with Gasteiger partial charge in [0.15, 0.2) is 0 Å². The fraction of sp³-hybridized carbons (Fsp3) is 0.900. The van der Waals surface area contributed by atoms with Gasteiger partial charge in [-0.05, 0) is 19.3 Å². The Kier molecular flexibility index (Phi) is 6.56. The molecule has 2 N–H and O–H groups in total. The zero-order valence-electron chi connectivity index (χ0n) is 8.68. The Morgan fingerprint density at radius 2 is 2.00 bits per heavy atom. The monoisotopic (exact) mass is 184 g/mol. The van der Waals surface area contributed by atoms with Crippen LogP contribution in [-0.4, -0.2) is 18.8 Å². The number of unbranched alkanes of at least 4 members (excludes halogenated alkanes) is 1. The van der Waals surface area contributed by atoms with E-state index in [0.29, 0.717) is 19.6 Å². The summed E-state index contributed by atoms with van der Waals surface area (Å²) in [5, 5.41) is 8.29. The van der Waals surface area contributed by atoms with Crippen molar-refractivity contribution in [2.45, 2.75) is 45.1 Å². The Labute approximate surface area is 80.9 Å². The molecule has 0 heterocycles. The summed E-state index contributed by atoms with van der Waals surface area (Å²) in [4.78, 5) is 0. The second kappa shape index (κ2) is 6.88. The van der Waals surface area contributed by atoms with Crippen molar-refractivity contribution in [1.82, 2.24) is 0 Å². The van der Waals surface area contributed by atoms with Crippen LogP contribution in [0.3, 0.4) is 0 Å². The molecule has 0 fully saturated rings. The van der Waals surface area contributed by atoms with E-state index >= 15 is 0 Å². The van der Waals surface area contributed by atoms with E-state index in [1.807, 2.05) is 0 Å². The Balaban J connectivity index is 3.45. The molecule has 0 aliphatic rings. The molecule has 0 aromatic heterocycles. The van der Waals surface area contributed by atoms with Gasteiger partial charge in [-0.15, -0.1) is 0 Å². The fourth-order valence-corrected chi connectivity index (χ4v) is 0.983. The molecule has 0 aliphatic carbocycles. The lowest BCUT2D eigenvalue weighted by molar-refractivity contribution is 0.0800. The molecule has 0 amide bonds. The maximum absolute atomic E-state index is 8.29. The third-order valence-electron chi connectivity index (χ3n) is 2.38. The summed E-state index contributed by atoms with van der Waals surface area (Å²) in [5.41, 5.74) is 5.85. The number of nitrogens with zero attached hydrogens (tertiary/aromatic N) is 1. The van der Waals surface area contributed by atoms with E-state index in [9.17, 15) is 0 Å². The summed E-state index contributed by atoms with van der Waals surface area (Å²) < 4.78 is 5.41. The van der Waals surface area contributed by atoms with Gasteiger partial charge in [-0.1, -0.05) is 13.8 Å². The second-order valence-corrected chi connectivity index (χ2v) is 3.38. The highest BCUT2D eigenvalue weighted by atomic mass is 16.5. The van der Waals surface area contributed by atoms with Crippen LogP contribution in [0.2, 0.25) is 0 Å². The first kappa shape index (κ1) is 12.4. The van der Waals surface area contributed by atoms with Crippen molar-refractivity contribution in [2.24, 2.45) is 5.73 Å². The van der Waals surface area contributed by atoms with Gasteiger partial charge in [-0.3, -0.25) is 0 Å². The zero-order chi connectivity index (χ0) is 10.2. The minimum atomic E-state index is -0.174. The summed E-state index contributed by atoms with van der Waals surface area (Å²) >= 11 is 0. The number of rotatable bonds is 7. The summed E-state index contributed by atoms with van der Waals surface area (Å²) in [6.07, 6.45) is 3.24. The SMILES string of the molecule is CCC(N)(CC)COCCCC#N. The number of nitriles is 1. The van der Waals surface area contributed by atoms with Crippen LogP contribution in [-0.2, 0) is 4.74 Å². The van der Waals surface area contributed by atoms with Gasteiger partial charge >= 0.3 is 0 Å². The molecule has 0 saturated carbocycles. The predicted molar refractivity (Wildman–Crippen MR) is 53.2 cm³/mol. The van der Waals surface area contributed by atoms with Crippen LogP contribution >= 0.6 is 0 Å². The smallest absolute Gasteiger partial charge is 0.0645 e. The molecule has 76 valence electrons. The minimum Gasteiger partial charge on any atom is -0.380 e. The van der Waals surface area contributed by atoms with Gasteiger partial charge in [0.2, 0.25) is 0 Å². The van der Waals surface area contributed by atoms with Gasteiger partial charge in [0.05, 0.1) is 12.7 Å². The Morgan fingerprint density at radius 3 is 2.46 bits per heavy atom. The molecule has 0 atom stereocenters. The molecule has 0 saturated heterocycles. The summed E-state index contributed by atoms with van der Waals surface area (Å²) in [5.74, 6) is 0. The minimum absolute atomic E-state index is 0.174. The molecule has 13 heavy (non-hydrogen) atoms. The van der Waals surface area contributed by atoms with Gasteiger partial charge in [-0.2, -0.15) is 5.26 Å². The van der Waals surface area contributed by atoms with Gasteiger partial charge in [0, 0.05) is 18.6 Å². The number of hydrogen-bond donors (Lipinski definition) is 1. The molecule has 3 heteroatoms. The fourth-order valence-electron chi connectivity index (χ4n) is 0.983. The third kappa shape index (κ3) is 5.62. The standard InChI is InChI=1S/C10H20N2O/c1-3-10(12,4-2)9-13-8-6-5-7-11/h3-6,8-9,12H2,1-2H3. The molecule has 0 aromatic carbocycles. The topological polar surface area (TPSA) is 59.0 Å². The van der Waals surface area contributed by atoms with Crippen molar-refractivity contribution in [2.75, 3.05) is 13.2 Å². The molecular weight excluding hydrogens is 164 g/mol. The molecular formula is C10H20N2O. The van der Waals surface area contributed by atoms with Crippen LogP contribution in [0.15, 0.2) is 0 Å². The summed E-state index contributed by atoms with van der Waals surface area (Å²) in [7, 11) is 0. The molecule has 3 nitrogen and oxygen atoms in total. The molecule has 0 spiro atoms. The highest BCUT2D eigenvalue weighted by Gasteiger charge is 2.19. The van der Waals surface area contributed by atoms with Crippen LogP contribution in [0.25, 0.3) is 0 Å². The summed E-state index contributed by atoms with van der Waals surface area (Å²) in [6.45, 7) is 5.39. The van der Waals surface area contributed by atoms with E-state index in [2.05, 4.69) is 19.9 Å². The van der Waals surface area contributed by atoms with Crippen molar-refractivity contribution in [3.05, 3.63) is 0 Å². The van der Waals surface area contributed by atoms with Crippen LogP contribution in [0.1, 0.15) is 39.5 Å².